The molecular formula is C19H16INO3. The quantitative estimate of drug-likeness (QED) is 0.647. The lowest BCUT2D eigenvalue weighted by molar-refractivity contribution is 0.0428. The highest BCUT2D eigenvalue weighted by Gasteiger charge is 2.46. The summed E-state index contributed by atoms with van der Waals surface area (Å²) in [4.78, 5) is 27.0. The monoisotopic (exact) mass is 433 g/mol. The number of hydrogen-bond acceptors (Lipinski definition) is 3. The molecule has 1 unspecified atom stereocenters. The smallest absolute Gasteiger partial charge is 0.254 e. The fraction of sp³-hybridized carbons (Fsp3) is 0.263. The number of rotatable bonds is 1. The van der Waals surface area contributed by atoms with Gasteiger partial charge in [0.2, 0.25) is 0 Å². The van der Waals surface area contributed by atoms with Crippen molar-refractivity contribution in [3.05, 3.63) is 63.2 Å². The first kappa shape index (κ1) is 15.6. The summed E-state index contributed by atoms with van der Waals surface area (Å²) in [6.07, 6.45) is 1.02. The molecule has 2 aromatic carbocycles. The number of halogens is 1. The Balaban J connectivity index is 1.57. The first-order chi connectivity index (χ1) is 11.6. The normalized spacial score (nSPS) is 22.4. The van der Waals surface area contributed by atoms with Gasteiger partial charge in [-0.2, -0.15) is 0 Å². The zero-order chi connectivity index (χ0) is 16.7. The van der Waals surface area contributed by atoms with E-state index in [1.165, 1.54) is 0 Å². The van der Waals surface area contributed by atoms with Gasteiger partial charge in [-0.1, -0.05) is 18.2 Å². The van der Waals surface area contributed by atoms with Crippen LogP contribution >= 0.6 is 22.6 Å². The summed E-state index contributed by atoms with van der Waals surface area (Å²) in [5, 5.41) is 0. The van der Waals surface area contributed by atoms with E-state index in [0.717, 1.165) is 3.57 Å². The lowest BCUT2D eigenvalue weighted by Crippen LogP contribution is -2.45. The van der Waals surface area contributed by atoms with E-state index in [1.54, 1.807) is 11.0 Å². The number of ether oxygens (including phenoxy) is 1. The fourth-order valence-corrected chi connectivity index (χ4v) is 4.04. The summed E-state index contributed by atoms with van der Waals surface area (Å²) in [7, 11) is 0. The molecule has 2 aliphatic heterocycles. The molecule has 0 aromatic heterocycles. The van der Waals surface area contributed by atoms with E-state index in [0.29, 0.717) is 42.8 Å². The number of amides is 1. The van der Waals surface area contributed by atoms with Crippen molar-refractivity contribution in [3.8, 4) is 5.75 Å². The van der Waals surface area contributed by atoms with Crippen molar-refractivity contribution in [2.24, 2.45) is 0 Å². The number of carbonyl (C=O) groups is 2. The standard InChI is InChI=1S/C19H16INO3/c20-14-5-3-4-13(10-14)18(23)21-9-8-19(12-21)11-16(22)15-6-1-2-7-17(15)24-19/h1-7,10H,8-9,11-12H2. The van der Waals surface area contributed by atoms with Gasteiger partial charge in [0.15, 0.2) is 5.78 Å². The van der Waals surface area contributed by atoms with E-state index in [4.69, 9.17) is 4.74 Å². The third-order valence-corrected chi connectivity index (χ3v) is 5.34. The number of carbonyl (C=O) groups excluding carboxylic acids is 2. The second-order valence-corrected chi connectivity index (χ2v) is 7.61. The molecule has 5 heteroatoms. The Morgan fingerprint density at radius 3 is 2.83 bits per heavy atom. The van der Waals surface area contributed by atoms with Crippen LogP contribution in [0.25, 0.3) is 0 Å². The maximum Gasteiger partial charge on any atom is 0.254 e. The van der Waals surface area contributed by atoms with Gasteiger partial charge in [-0.3, -0.25) is 9.59 Å². The number of hydrogen-bond donors (Lipinski definition) is 0. The van der Waals surface area contributed by atoms with Crippen LogP contribution in [0, 0.1) is 3.57 Å². The van der Waals surface area contributed by atoms with Crippen LogP contribution in [0.1, 0.15) is 33.6 Å². The first-order valence-electron chi connectivity index (χ1n) is 7.92. The van der Waals surface area contributed by atoms with Crippen LogP contribution in [0.4, 0.5) is 0 Å². The van der Waals surface area contributed by atoms with E-state index in [9.17, 15) is 9.59 Å². The molecule has 0 N–H and O–H groups in total. The number of ketones is 1. The van der Waals surface area contributed by atoms with Crippen molar-refractivity contribution in [1.82, 2.24) is 4.90 Å². The predicted molar refractivity (Wildman–Crippen MR) is 98.4 cm³/mol. The molecule has 0 aliphatic carbocycles. The second-order valence-electron chi connectivity index (χ2n) is 6.37. The van der Waals surface area contributed by atoms with Crippen LogP contribution in [0.15, 0.2) is 48.5 Å². The summed E-state index contributed by atoms with van der Waals surface area (Å²) in [5.41, 5.74) is 0.746. The molecule has 1 spiro atoms. The highest BCUT2D eigenvalue weighted by atomic mass is 127. The maximum absolute atomic E-state index is 12.7. The van der Waals surface area contributed by atoms with Crippen molar-refractivity contribution in [3.63, 3.8) is 0 Å². The average molecular weight is 433 g/mol. The minimum atomic E-state index is -0.580. The van der Waals surface area contributed by atoms with E-state index in [-0.39, 0.29) is 11.7 Å². The molecule has 1 saturated heterocycles. The highest BCUT2D eigenvalue weighted by molar-refractivity contribution is 14.1. The van der Waals surface area contributed by atoms with E-state index in [2.05, 4.69) is 22.6 Å². The van der Waals surface area contributed by atoms with Crippen LogP contribution in [0.2, 0.25) is 0 Å². The zero-order valence-corrected chi connectivity index (χ0v) is 15.2. The van der Waals surface area contributed by atoms with Crippen LogP contribution < -0.4 is 4.74 Å². The molecule has 0 bridgehead atoms. The number of para-hydroxylation sites is 1. The van der Waals surface area contributed by atoms with Crippen molar-refractivity contribution in [2.45, 2.75) is 18.4 Å². The Morgan fingerprint density at radius 1 is 1.17 bits per heavy atom. The van der Waals surface area contributed by atoms with Gasteiger partial charge in [-0.25, -0.2) is 0 Å². The number of likely N-dealkylation sites (tertiary alicyclic amines) is 1. The molecule has 1 amide bonds. The van der Waals surface area contributed by atoms with Gasteiger partial charge in [0, 0.05) is 22.1 Å². The van der Waals surface area contributed by atoms with Crippen LogP contribution in [0.5, 0.6) is 5.75 Å². The Morgan fingerprint density at radius 2 is 2.00 bits per heavy atom. The number of nitrogens with zero attached hydrogens (tertiary/aromatic N) is 1. The zero-order valence-electron chi connectivity index (χ0n) is 13.0. The van der Waals surface area contributed by atoms with Crippen LogP contribution in [-0.4, -0.2) is 35.3 Å². The third-order valence-electron chi connectivity index (χ3n) is 4.67. The summed E-state index contributed by atoms with van der Waals surface area (Å²) >= 11 is 2.20. The largest absolute Gasteiger partial charge is 0.484 e. The van der Waals surface area contributed by atoms with Gasteiger partial charge in [-0.05, 0) is 52.9 Å². The predicted octanol–water partition coefficient (Wildman–Crippen LogP) is 3.54. The average Bonchev–Trinajstić information content (AvgIpc) is 2.97. The van der Waals surface area contributed by atoms with E-state index in [1.807, 2.05) is 42.5 Å². The Hall–Kier alpha value is -1.89. The topological polar surface area (TPSA) is 46.6 Å². The summed E-state index contributed by atoms with van der Waals surface area (Å²) in [5.74, 6) is 0.734. The molecule has 4 nitrogen and oxygen atoms in total. The van der Waals surface area contributed by atoms with Gasteiger partial charge >= 0.3 is 0 Å². The van der Waals surface area contributed by atoms with Gasteiger partial charge in [0.05, 0.1) is 18.5 Å². The second kappa shape index (κ2) is 5.88. The van der Waals surface area contributed by atoms with E-state index < -0.39 is 5.60 Å². The van der Waals surface area contributed by atoms with Crippen LogP contribution in [0.3, 0.4) is 0 Å². The minimum absolute atomic E-state index is 0.000276. The van der Waals surface area contributed by atoms with Crippen LogP contribution in [-0.2, 0) is 0 Å². The molecule has 1 fully saturated rings. The molecule has 24 heavy (non-hydrogen) atoms. The summed E-state index contributed by atoms with van der Waals surface area (Å²) in [6, 6.07) is 14.9. The van der Waals surface area contributed by atoms with E-state index >= 15 is 0 Å². The summed E-state index contributed by atoms with van der Waals surface area (Å²) < 4.78 is 7.21. The van der Waals surface area contributed by atoms with Gasteiger partial charge in [-0.15, -0.1) is 0 Å². The Labute approximate surface area is 153 Å². The van der Waals surface area contributed by atoms with Crippen molar-refractivity contribution >= 4 is 34.3 Å². The molecule has 4 rings (SSSR count). The molecular weight excluding hydrogens is 417 g/mol. The lowest BCUT2D eigenvalue weighted by atomic mass is 9.89. The third kappa shape index (κ3) is 2.70. The minimum Gasteiger partial charge on any atom is -0.484 e. The van der Waals surface area contributed by atoms with Crippen molar-refractivity contribution in [1.29, 1.82) is 0 Å². The lowest BCUT2D eigenvalue weighted by Gasteiger charge is -2.34. The Bertz CT molecular complexity index is 835. The van der Waals surface area contributed by atoms with Gasteiger partial charge in [0.1, 0.15) is 11.4 Å². The molecule has 122 valence electrons. The molecule has 2 heterocycles. The summed E-state index contributed by atoms with van der Waals surface area (Å²) in [6.45, 7) is 1.07. The fourth-order valence-electron chi connectivity index (χ4n) is 3.49. The first-order valence-corrected chi connectivity index (χ1v) is 9.00. The van der Waals surface area contributed by atoms with Crippen molar-refractivity contribution < 1.29 is 14.3 Å². The van der Waals surface area contributed by atoms with Gasteiger partial charge in [0.25, 0.3) is 5.91 Å². The molecule has 1 atom stereocenters. The molecule has 2 aliphatic rings. The highest BCUT2D eigenvalue weighted by Crippen LogP contribution is 2.38. The van der Waals surface area contributed by atoms with Gasteiger partial charge < -0.3 is 9.64 Å². The maximum atomic E-state index is 12.7. The number of benzene rings is 2. The SMILES string of the molecule is O=C1CC2(CCN(C(=O)c3cccc(I)c3)C2)Oc2ccccc21. The number of fused-ring (bicyclic) bond motifs is 1. The molecule has 2 aromatic rings. The molecule has 0 saturated carbocycles. The number of Topliss-reactive ketones (excluding diaryl/α,β-unsaturated/α-hetero) is 1. The molecule has 0 radical (unpaired) electrons. The van der Waals surface area contributed by atoms with Crippen molar-refractivity contribution in [2.75, 3.05) is 13.1 Å². The Kier molecular flexibility index (Phi) is 3.83.